The zero-order chi connectivity index (χ0) is 14.5. The lowest BCUT2D eigenvalue weighted by atomic mass is 10.0. The molecule has 0 aliphatic heterocycles. The zero-order valence-electron chi connectivity index (χ0n) is 11.7. The molecule has 1 aromatic rings. The van der Waals surface area contributed by atoms with Crippen LogP contribution >= 0.6 is 0 Å². The topological polar surface area (TPSA) is 84.2 Å². The normalized spacial score (nSPS) is 17.1. The fraction of sp³-hybridized carbons (Fsp3) is 0.643. The fourth-order valence-corrected chi connectivity index (χ4v) is 2.74. The van der Waals surface area contributed by atoms with E-state index in [1.807, 2.05) is 0 Å². The monoisotopic (exact) mass is 279 g/mol. The highest BCUT2D eigenvalue weighted by atomic mass is 16.4. The third-order valence-corrected chi connectivity index (χ3v) is 3.86. The summed E-state index contributed by atoms with van der Waals surface area (Å²) in [6, 6.07) is -1.01. The van der Waals surface area contributed by atoms with Crippen molar-refractivity contribution in [3.8, 4) is 0 Å². The van der Waals surface area contributed by atoms with Gasteiger partial charge in [-0.3, -0.25) is 9.48 Å². The molecule has 6 nitrogen and oxygen atoms in total. The van der Waals surface area contributed by atoms with E-state index in [1.165, 1.54) is 36.6 Å². The van der Waals surface area contributed by atoms with E-state index >= 15 is 0 Å². The summed E-state index contributed by atoms with van der Waals surface area (Å²) in [5, 5.41) is 15.7. The molecule has 2 rings (SSSR count). The van der Waals surface area contributed by atoms with Crippen LogP contribution in [0.2, 0.25) is 0 Å². The van der Waals surface area contributed by atoms with E-state index in [4.69, 9.17) is 0 Å². The third-order valence-electron chi connectivity index (χ3n) is 3.86. The molecule has 2 N–H and O–H groups in total. The first-order valence-corrected chi connectivity index (χ1v) is 7.07. The molecule has 1 aromatic heterocycles. The predicted octanol–water partition coefficient (Wildman–Crippen LogP) is 1.63. The summed E-state index contributed by atoms with van der Waals surface area (Å²) < 4.78 is 1.52. The minimum absolute atomic E-state index is 0.201. The van der Waals surface area contributed by atoms with Crippen LogP contribution in [0.3, 0.4) is 0 Å². The summed E-state index contributed by atoms with van der Waals surface area (Å²) in [7, 11) is 1.71. The molecule has 1 aliphatic carbocycles. The summed E-state index contributed by atoms with van der Waals surface area (Å²) in [6.45, 7) is 0. The van der Waals surface area contributed by atoms with Crippen molar-refractivity contribution in [3.63, 3.8) is 0 Å². The molecule has 0 spiro atoms. The molecule has 1 amide bonds. The Balaban J connectivity index is 1.87. The van der Waals surface area contributed by atoms with Gasteiger partial charge in [0.05, 0.1) is 6.20 Å². The lowest BCUT2D eigenvalue weighted by Gasteiger charge is -2.14. The summed E-state index contributed by atoms with van der Waals surface area (Å²) in [4.78, 5) is 23.1. The number of nitrogens with zero attached hydrogens (tertiary/aromatic N) is 2. The van der Waals surface area contributed by atoms with Crippen LogP contribution in [0.5, 0.6) is 0 Å². The molecule has 0 radical (unpaired) electrons. The van der Waals surface area contributed by atoms with Gasteiger partial charge < -0.3 is 10.4 Å². The number of hydrogen-bond donors (Lipinski definition) is 2. The van der Waals surface area contributed by atoms with E-state index < -0.39 is 12.0 Å². The molecule has 1 fully saturated rings. The molecule has 1 atom stereocenters. The minimum Gasteiger partial charge on any atom is -0.479 e. The maximum absolute atomic E-state index is 11.9. The van der Waals surface area contributed by atoms with E-state index in [9.17, 15) is 14.7 Å². The van der Waals surface area contributed by atoms with Crippen LogP contribution in [0.4, 0.5) is 0 Å². The van der Waals surface area contributed by atoms with Crippen LogP contribution in [0, 0.1) is 5.92 Å². The second kappa shape index (κ2) is 6.54. The number of aryl methyl sites for hydroxylation is 1. The molecule has 0 bridgehead atoms. The second-order valence-corrected chi connectivity index (χ2v) is 5.48. The van der Waals surface area contributed by atoms with Gasteiger partial charge in [0, 0.05) is 25.2 Å². The highest BCUT2D eigenvalue weighted by Crippen LogP contribution is 2.28. The van der Waals surface area contributed by atoms with Gasteiger partial charge in [-0.25, -0.2) is 4.79 Å². The van der Waals surface area contributed by atoms with Crippen molar-refractivity contribution < 1.29 is 14.7 Å². The number of carboxylic acid groups (broad SMARTS) is 1. The Morgan fingerprint density at radius 2 is 2.20 bits per heavy atom. The number of nitrogens with one attached hydrogen (secondary N) is 1. The molecule has 6 heteroatoms. The van der Waals surface area contributed by atoms with Crippen molar-refractivity contribution in [2.75, 3.05) is 0 Å². The minimum atomic E-state index is -1.06. The van der Waals surface area contributed by atoms with Gasteiger partial charge in [-0.2, -0.15) is 5.10 Å². The molecule has 110 valence electrons. The number of carbonyl (C=O) groups excluding carboxylic acids is 1. The Hall–Kier alpha value is -1.85. The van der Waals surface area contributed by atoms with Crippen LogP contribution in [0.1, 0.15) is 50.1 Å². The molecular formula is C14H21N3O3. The van der Waals surface area contributed by atoms with E-state index in [2.05, 4.69) is 10.4 Å². The van der Waals surface area contributed by atoms with E-state index in [0.717, 1.165) is 6.42 Å². The first kappa shape index (κ1) is 14.6. The van der Waals surface area contributed by atoms with Gasteiger partial charge in [-0.05, 0) is 12.3 Å². The van der Waals surface area contributed by atoms with Gasteiger partial charge >= 0.3 is 5.97 Å². The molecule has 0 saturated heterocycles. The van der Waals surface area contributed by atoms with Crippen LogP contribution in [-0.2, 0) is 16.6 Å². The van der Waals surface area contributed by atoms with Crippen LogP contribution in [-0.4, -0.2) is 26.8 Å². The summed E-state index contributed by atoms with van der Waals surface area (Å²) in [5.41, 5.74) is 0.495. The Morgan fingerprint density at radius 3 is 2.75 bits per heavy atom. The number of rotatable bonds is 6. The van der Waals surface area contributed by atoms with Crippen LogP contribution in [0.15, 0.2) is 12.4 Å². The number of amides is 1. The molecule has 0 aromatic carbocycles. The lowest BCUT2D eigenvalue weighted by molar-refractivity contribution is -0.142. The number of aromatic nitrogens is 2. The quantitative estimate of drug-likeness (QED) is 0.829. The average Bonchev–Trinajstić information content (AvgIpc) is 3.04. The highest BCUT2D eigenvalue weighted by Gasteiger charge is 2.24. The molecule has 1 aliphatic rings. The Kier molecular flexibility index (Phi) is 4.76. The maximum atomic E-state index is 11.9. The average molecular weight is 279 g/mol. The molecule has 1 heterocycles. The first-order chi connectivity index (χ1) is 9.56. The van der Waals surface area contributed by atoms with Gasteiger partial charge in [-0.1, -0.05) is 25.7 Å². The van der Waals surface area contributed by atoms with Crippen molar-refractivity contribution in [3.05, 3.63) is 18.0 Å². The SMILES string of the molecule is Cn1cc(C(NC(=O)CCC2CCCC2)C(=O)O)cn1. The zero-order valence-corrected chi connectivity index (χ0v) is 11.7. The van der Waals surface area contributed by atoms with Gasteiger partial charge in [0.1, 0.15) is 0 Å². The lowest BCUT2D eigenvalue weighted by Crippen LogP contribution is -2.33. The Morgan fingerprint density at radius 1 is 1.50 bits per heavy atom. The highest BCUT2D eigenvalue weighted by molar-refractivity contribution is 5.84. The summed E-state index contributed by atoms with van der Waals surface area (Å²) in [5.74, 6) is -0.636. The van der Waals surface area contributed by atoms with E-state index in [1.54, 1.807) is 13.2 Å². The maximum Gasteiger partial charge on any atom is 0.331 e. The van der Waals surface area contributed by atoms with Gasteiger partial charge in [0.2, 0.25) is 5.91 Å². The van der Waals surface area contributed by atoms with Gasteiger partial charge in [0.25, 0.3) is 0 Å². The van der Waals surface area contributed by atoms with E-state index in [0.29, 0.717) is 17.9 Å². The van der Waals surface area contributed by atoms with Gasteiger partial charge in [0.15, 0.2) is 6.04 Å². The molecule has 20 heavy (non-hydrogen) atoms. The van der Waals surface area contributed by atoms with Gasteiger partial charge in [-0.15, -0.1) is 0 Å². The predicted molar refractivity (Wildman–Crippen MR) is 72.9 cm³/mol. The van der Waals surface area contributed by atoms with Crippen molar-refractivity contribution >= 4 is 11.9 Å². The molecular weight excluding hydrogens is 258 g/mol. The summed E-state index contributed by atoms with van der Waals surface area (Å²) >= 11 is 0. The van der Waals surface area contributed by atoms with Crippen molar-refractivity contribution in [1.29, 1.82) is 0 Å². The summed E-state index contributed by atoms with van der Waals surface area (Å²) in [6.07, 6.45) is 9.21. The number of carbonyl (C=O) groups is 2. The molecule has 1 saturated carbocycles. The van der Waals surface area contributed by atoms with Crippen molar-refractivity contribution in [2.24, 2.45) is 13.0 Å². The molecule has 1 unspecified atom stereocenters. The van der Waals surface area contributed by atoms with Crippen molar-refractivity contribution in [1.82, 2.24) is 15.1 Å². The smallest absolute Gasteiger partial charge is 0.331 e. The Bertz CT molecular complexity index is 478. The third kappa shape index (κ3) is 3.82. The largest absolute Gasteiger partial charge is 0.479 e. The fourth-order valence-electron chi connectivity index (χ4n) is 2.74. The number of carboxylic acids is 1. The number of hydrogen-bond acceptors (Lipinski definition) is 3. The second-order valence-electron chi connectivity index (χ2n) is 5.48. The number of aliphatic carboxylic acids is 1. The van der Waals surface area contributed by atoms with Crippen molar-refractivity contribution in [2.45, 2.75) is 44.6 Å². The van der Waals surface area contributed by atoms with E-state index in [-0.39, 0.29) is 5.91 Å². The Labute approximate surface area is 118 Å². The standard InChI is InChI=1S/C14H21N3O3/c1-17-9-11(8-15-17)13(14(19)20)16-12(18)7-6-10-4-2-3-5-10/h8-10,13H,2-7H2,1H3,(H,16,18)(H,19,20). The van der Waals surface area contributed by atoms with Crippen LogP contribution < -0.4 is 5.32 Å². The van der Waals surface area contributed by atoms with Crippen LogP contribution in [0.25, 0.3) is 0 Å². The first-order valence-electron chi connectivity index (χ1n) is 7.07.